The quantitative estimate of drug-likeness (QED) is 0.174. The molecule has 0 radical (unpaired) electrons. The summed E-state index contributed by atoms with van der Waals surface area (Å²) in [6.45, 7) is 4.60. The second-order valence-corrected chi connectivity index (χ2v) is 13.0. The first kappa shape index (κ1) is 34.1. The van der Waals surface area contributed by atoms with Gasteiger partial charge in [0.2, 0.25) is 11.8 Å². The molecule has 0 saturated carbocycles. The number of hydrogen-bond acceptors (Lipinski definition) is 8. The molecule has 2 aliphatic heterocycles. The van der Waals surface area contributed by atoms with Crippen LogP contribution in [0, 0.1) is 5.82 Å². The van der Waals surface area contributed by atoms with Gasteiger partial charge < -0.3 is 25.2 Å². The molecule has 0 aliphatic carbocycles. The fraction of sp³-hybridized carbons (Fsp3) is 0.361. The Morgan fingerprint density at radius 3 is 2.62 bits per heavy atom. The number of pyridine rings is 2. The molecule has 2 atom stereocenters. The molecule has 3 N–H and O–H groups in total. The van der Waals surface area contributed by atoms with E-state index in [1.807, 2.05) is 18.2 Å². The van der Waals surface area contributed by atoms with Gasteiger partial charge in [0.05, 0.1) is 47.3 Å². The maximum absolute atomic E-state index is 15.5. The molecule has 0 bridgehead atoms. The third kappa shape index (κ3) is 7.13. The summed E-state index contributed by atoms with van der Waals surface area (Å²) in [5.74, 6) is 0.433. The number of β-amino-alcohol motifs (C(OH)–C–C–N with tert-alkyl or cyclic N) is 1. The van der Waals surface area contributed by atoms with Crippen LogP contribution < -0.4 is 20.1 Å². The molecule has 1 saturated heterocycles. The molecule has 9 nitrogen and oxygen atoms in total. The van der Waals surface area contributed by atoms with Crippen molar-refractivity contribution >= 4 is 29.1 Å². The summed E-state index contributed by atoms with van der Waals surface area (Å²) >= 11 is 14.1. The number of halogens is 3. The summed E-state index contributed by atoms with van der Waals surface area (Å²) in [4.78, 5) is 23.0. The highest BCUT2D eigenvalue weighted by Crippen LogP contribution is 2.43. The van der Waals surface area contributed by atoms with Gasteiger partial charge in [-0.2, -0.15) is 0 Å². The lowest BCUT2D eigenvalue weighted by Gasteiger charge is -2.31. The van der Waals surface area contributed by atoms with Gasteiger partial charge in [0.15, 0.2) is 0 Å². The number of nitrogens with zero attached hydrogens (tertiary/aromatic N) is 3. The Hall–Kier alpha value is -3.80. The van der Waals surface area contributed by atoms with Gasteiger partial charge in [-0.3, -0.25) is 14.7 Å². The SMILES string of the molecule is COc1cc(-c2nccc(-c3cccc(-c4cc(F)c(CNC[C@H]5CCC(=O)N5)c(OC)n4)c3Cl)c2Cl)cc2c1CN(C[C@@H](C)O)CC2. The zero-order valence-corrected chi connectivity index (χ0v) is 28.6. The van der Waals surface area contributed by atoms with Crippen molar-refractivity contribution in [2.45, 2.75) is 51.4 Å². The molecule has 0 spiro atoms. The van der Waals surface area contributed by atoms with E-state index in [4.69, 9.17) is 32.7 Å². The van der Waals surface area contributed by atoms with E-state index in [9.17, 15) is 9.90 Å². The van der Waals surface area contributed by atoms with Crippen molar-refractivity contribution in [3.05, 3.63) is 81.2 Å². The number of aromatic nitrogens is 2. The van der Waals surface area contributed by atoms with Crippen LogP contribution in [0.2, 0.25) is 10.0 Å². The number of carbonyl (C=O) groups excluding carboxylic acids is 1. The third-order valence-electron chi connectivity index (χ3n) is 8.85. The Labute approximate surface area is 289 Å². The molecule has 4 heterocycles. The van der Waals surface area contributed by atoms with E-state index in [1.165, 1.54) is 13.2 Å². The lowest BCUT2D eigenvalue weighted by atomic mass is 9.93. The Bertz CT molecular complexity index is 1820. The minimum absolute atomic E-state index is 0.0162. The standard InChI is InChI=1S/C36H38Cl2FN5O4/c1-20(45)18-44-12-10-21-13-22(14-31(47-2)28(21)19-44)35-34(38)25(9-11-41-35)24-5-4-6-26(33(24)37)30-15-29(39)27(36(43-30)48-3)17-40-16-23-7-8-32(46)42-23/h4-6,9,11,13-15,20,23,40,45H,7-8,10,12,16-19H2,1-3H3,(H,42,46)/t20-,23-/m1/s1. The number of benzene rings is 2. The first-order chi connectivity index (χ1) is 23.2. The van der Waals surface area contributed by atoms with Crippen LogP contribution in [-0.4, -0.2) is 71.9 Å². The van der Waals surface area contributed by atoms with E-state index in [0.717, 1.165) is 41.8 Å². The maximum atomic E-state index is 15.5. The van der Waals surface area contributed by atoms with E-state index in [0.29, 0.717) is 64.2 Å². The van der Waals surface area contributed by atoms with Crippen LogP contribution >= 0.6 is 23.2 Å². The van der Waals surface area contributed by atoms with Crippen LogP contribution in [0.4, 0.5) is 4.39 Å². The number of fused-ring (bicyclic) bond motifs is 1. The van der Waals surface area contributed by atoms with Crippen LogP contribution in [0.15, 0.2) is 48.7 Å². The maximum Gasteiger partial charge on any atom is 0.221 e. The van der Waals surface area contributed by atoms with Crippen molar-refractivity contribution in [3.8, 4) is 45.3 Å². The van der Waals surface area contributed by atoms with Crippen molar-refractivity contribution in [3.63, 3.8) is 0 Å². The Morgan fingerprint density at radius 2 is 1.90 bits per heavy atom. The molecular formula is C36H38Cl2FN5O4. The Kier molecular flexibility index (Phi) is 10.5. The summed E-state index contributed by atoms with van der Waals surface area (Å²) < 4.78 is 26.8. The summed E-state index contributed by atoms with van der Waals surface area (Å²) in [7, 11) is 3.10. The zero-order chi connectivity index (χ0) is 33.9. The number of aliphatic hydroxyl groups is 1. The first-order valence-corrected chi connectivity index (χ1v) is 16.7. The van der Waals surface area contributed by atoms with Gasteiger partial charge in [0, 0.05) is 85.3 Å². The fourth-order valence-corrected chi connectivity index (χ4v) is 7.16. The van der Waals surface area contributed by atoms with Crippen molar-refractivity contribution in [2.75, 3.05) is 33.9 Å². The second-order valence-electron chi connectivity index (χ2n) is 12.2. The smallest absolute Gasteiger partial charge is 0.221 e. The summed E-state index contributed by atoms with van der Waals surface area (Å²) in [5, 5.41) is 16.8. The fourth-order valence-electron chi connectivity index (χ4n) is 6.51. The van der Waals surface area contributed by atoms with Gasteiger partial charge in [0.25, 0.3) is 0 Å². The largest absolute Gasteiger partial charge is 0.496 e. The van der Waals surface area contributed by atoms with Crippen molar-refractivity contribution < 1.29 is 23.8 Å². The first-order valence-electron chi connectivity index (χ1n) is 15.9. The Balaban J connectivity index is 1.29. The number of rotatable bonds is 11. The Morgan fingerprint density at radius 1 is 1.10 bits per heavy atom. The van der Waals surface area contributed by atoms with Crippen molar-refractivity contribution in [1.29, 1.82) is 0 Å². The van der Waals surface area contributed by atoms with Crippen molar-refractivity contribution in [1.82, 2.24) is 25.5 Å². The minimum atomic E-state index is -0.485. The predicted molar refractivity (Wildman–Crippen MR) is 185 cm³/mol. The van der Waals surface area contributed by atoms with Gasteiger partial charge in [-0.25, -0.2) is 9.37 Å². The number of carbonyl (C=O) groups is 1. The number of methoxy groups -OCH3 is 2. The highest BCUT2D eigenvalue weighted by atomic mass is 35.5. The molecule has 2 aromatic carbocycles. The van der Waals surface area contributed by atoms with Crippen LogP contribution in [0.25, 0.3) is 33.6 Å². The lowest BCUT2D eigenvalue weighted by Crippen LogP contribution is -2.35. The molecule has 12 heteroatoms. The van der Waals surface area contributed by atoms with Gasteiger partial charge in [-0.05, 0) is 43.5 Å². The van der Waals surface area contributed by atoms with Crippen LogP contribution in [0.5, 0.6) is 11.6 Å². The molecular weight excluding hydrogens is 656 g/mol. The molecule has 4 aromatic rings. The molecule has 252 valence electrons. The molecule has 6 rings (SSSR count). The van der Waals surface area contributed by atoms with Crippen LogP contribution in [0.1, 0.15) is 36.5 Å². The zero-order valence-electron chi connectivity index (χ0n) is 27.1. The normalized spacial score (nSPS) is 16.8. The molecule has 2 aromatic heterocycles. The molecule has 1 fully saturated rings. The van der Waals surface area contributed by atoms with E-state index in [1.54, 1.807) is 32.4 Å². The van der Waals surface area contributed by atoms with E-state index < -0.39 is 11.9 Å². The average Bonchev–Trinajstić information content (AvgIpc) is 3.49. The molecule has 1 amide bonds. The predicted octanol–water partition coefficient (Wildman–Crippen LogP) is 6.05. The molecule has 0 unspecified atom stereocenters. The van der Waals surface area contributed by atoms with E-state index >= 15 is 4.39 Å². The summed E-state index contributed by atoms with van der Waals surface area (Å²) in [6, 6.07) is 12.7. The van der Waals surface area contributed by atoms with Crippen LogP contribution in [-0.2, 0) is 24.3 Å². The van der Waals surface area contributed by atoms with Gasteiger partial charge in [-0.1, -0.05) is 41.4 Å². The third-order valence-corrected chi connectivity index (χ3v) is 9.64. The topological polar surface area (TPSA) is 109 Å². The van der Waals surface area contributed by atoms with Gasteiger partial charge in [-0.15, -0.1) is 0 Å². The number of hydrogen-bond donors (Lipinski definition) is 3. The molecule has 48 heavy (non-hydrogen) atoms. The number of amides is 1. The monoisotopic (exact) mass is 693 g/mol. The summed E-state index contributed by atoms with van der Waals surface area (Å²) in [5.41, 5.74) is 6.09. The number of aliphatic hydroxyl groups excluding tert-OH is 1. The van der Waals surface area contributed by atoms with Crippen LogP contribution in [0.3, 0.4) is 0 Å². The minimum Gasteiger partial charge on any atom is -0.496 e. The lowest BCUT2D eigenvalue weighted by molar-refractivity contribution is -0.119. The second kappa shape index (κ2) is 14.8. The summed E-state index contributed by atoms with van der Waals surface area (Å²) in [6.07, 6.45) is 3.32. The van der Waals surface area contributed by atoms with E-state index in [2.05, 4.69) is 31.6 Å². The average molecular weight is 695 g/mol. The van der Waals surface area contributed by atoms with Crippen molar-refractivity contribution in [2.24, 2.45) is 0 Å². The number of nitrogens with one attached hydrogen (secondary N) is 2. The van der Waals surface area contributed by atoms with E-state index in [-0.39, 0.29) is 29.9 Å². The molecule has 2 aliphatic rings. The highest BCUT2D eigenvalue weighted by Gasteiger charge is 2.25. The highest BCUT2D eigenvalue weighted by molar-refractivity contribution is 6.39. The number of ether oxygens (including phenoxy) is 2. The van der Waals surface area contributed by atoms with Gasteiger partial charge >= 0.3 is 0 Å². The van der Waals surface area contributed by atoms with Gasteiger partial charge in [0.1, 0.15) is 11.6 Å².